The highest BCUT2D eigenvalue weighted by Gasteiger charge is 2.05. The molecule has 0 spiro atoms. The fraction of sp³-hybridized carbons (Fsp3) is 0.0909. The average molecular weight is 296 g/mol. The summed E-state index contributed by atoms with van der Waals surface area (Å²) in [6.45, 7) is 1.94. The van der Waals surface area contributed by atoms with E-state index in [-0.39, 0.29) is 0 Å². The van der Waals surface area contributed by atoms with Crippen LogP contribution in [0.25, 0.3) is 0 Å². The normalized spacial score (nSPS) is 10.4. The van der Waals surface area contributed by atoms with Gasteiger partial charge >= 0.3 is 0 Å². The number of rotatable bonds is 2. The molecule has 0 saturated carbocycles. The van der Waals surface area contributed by atoms with Gasteiger partial charge in [0, 0.05) is 18.1 Å². The van der Waals surface area contributed by atoms with Gasteiger partial charge in [-0.25, -0.2) is 9.97 Å². The summed E-state index contributed by atoms with van der Waals surface area (Å²) in [6, 6.07) is 5.69. The van der Waals surface area contributed by atoms with E-state index in [1.165, 1.54) is 11.8 Å². The number of aryl methyl sites for hydroxylation is 1. The average Bonchev–Trinajstić information content (AvgIpc) is 2.27. The van der Waals surface area contributed by atoms with Crippen molar-refractivity contribution in [1.29, 1.82) is 0 Å². The highest BCUT2D eigenvalue weighted by molar-refractivity contribution is 9.10. The number of nitrogens with two attached hydrogens (primary N) is 1. The van der Waals surface area contributed by atoms with Gasteiger partial charge in [0.1, 0.15) is 10.1 Å². The standard InChI is InChI=1S/C11H10BrN3S/c1-7-6-15-10(5-9(7)13)16-11-8(12)3-2-4-14-11/h2-6H,1H3,(H2,13,15). The van der Waals surface area contributed by atoms with Crippen molar-refractivity contribution in [2.24, 2.45) is 0 Å². The first kappa shape index (κ1) is 11.4. The summed E-state index contributed by atoms with van der Waals surface area (Å²) in [6.07, 6.45) is 3.53. The third-order valence-electron chi connectivity index (χ3n) is 2.05. The molecule has 16 heavy (non-hydrogen) atoms. The van der Waals surface area contributed by atoms with Crippen LogP contribution in [0.4, 0.5) is 5.69 Å². The number of nitrogens with zero attached hydrogens (tertiary/aromatic N) is 2. The summed E-state index contributed by atoms with van der Waals surface area (Å²) in [4.78, 5) is 8.56. The zero-order valence-corrected chi connectivity index (χ0v) is 11.0. The van der Waals surface area contributed by atoms with Crippen molar-refractivity contribution in [2.75, 3.05) is 5.73 Å². The fourth-order valence-electron chi connectivity index (χ4n) is 1.12. The molecule has 0 radical (unpaired) electrons. The molecular formula is C11H10BrN3S. The van der Waals surface area contributed by atoms with Crippen LogP contribution < -0.4 is 5.73 Å². The van der Waals surface area contributed by atoms with Gasteiger partial charge in [-0.2, -0.15) is 0 Å². The molecule has 0 unspecified atom stereocenters. The zero-order valence-electron chi connectivity index (χ0n) is 8.64. The molecule has 2 rings (SSSR count). The van der Waals surface area contributed by atoms with Crippen LogP contribution in [0.5, 0.6) is 0 Å². The van der Waals surface area contributed by atoms with E-state index in [2.05, 4.69) is 25.9 Å². The third kappa shape index (κ3) is 2.54. The predicted molar refractivity (Wildman–Crippen MR) is 69.4 cm³/mol. The molecule has 2 aromatic rings. The summed E-state index contributed by atoms with van der Waals surface area (Å²) in [5.74, 6) is 0. The molecule has 0 aliphatic rings. The van der Waals surface area contributed by atoms with Crippen LogP contribution >= 0.6 is 27.7 Å². The smallest absolute Gasteiger partial charge is 0.116 e. The molecule has 82 valence electrons. The summed E-state index contributed by atoms with van der Waals surface area (Å²) < 4.78 is 0.959. The maximum Gasteiger partial charge on any atom is 0.116 e. The Morgan fingerprint density at radius 1 is 1.38 bits per heavy atom. The van der Waals surface area contributed by atoms with Crippen LogP contribution in [0, 0.1) is 6.92 Å². The van der Waals surface area contributed by atoms with Crippen molar-refractivity contribution >= 4 is 33.4 Å². The number of nitrogen functional groups attached to an aromatic ring is 1. The Morgan fingerprint density at radius 3 is 2.88 bits per heavy atom. The van der Waals surface area contributed by atoms with Crippen LogP contribution in [-0.4, -0.2) is 9.97 Å². The van der Waals surface area contributed by atoms with Crippen molar-refractivity contribution in [2.45, 2.75) is 17.0 Å². The molecule has 0 aromatic carbocycles. The summed E-state index contributed by atoms with van der Waals surface area (Å²) in [5, 5.41) is 1.74. The summed E-state index contributed by atoms with van der Waals surface area (Å²) in [5.41, 5.74) is 7.57. The Hall–Kier alpha value is -1.07. The van der Waals surface area contributed by atoms with Crippen molar-refractivity contribution in [3.63, 3.8) is 0 Å². The first-order valence-corrected chi connectivity index (χ1v) is 6.28. The Bertz CT molecular complexity index is 516. The lowest BCUT2D eigenvalue weighted by atomic mass is 10.3. The Balaban J connectivity index is 2.28. The molecule has 5 heteroatoms. The van der Waals surface area contributed by atoms with E-state index in [1.807, 2.05) is 25.1 Å². The van der Waals surface area contributed by atoms with Gasteiger partial charge in [0.05, 0.1) is 4.47 Å². The van der Waals surface area contributed by atoms with Gasteiger partial charge in [-0.15, -0.1) is 0 Å². The van der Waals surface area contributed by atoms with Crippen molar-refractivity contribution < 1.29 is 0 Å². The number of hydrogen-bond acceptors (Lipinski definition) is 4. The highest BCUT2D eigenvalue weighted by Crippen LogP contribution is 2.31. The largest absolute Gasteiger partial charge is 0.398 e. The minimum atomic E-state index is 0.754. The lowest BCUT2D eigenvalue weighted by Crippen LogP contribution is -1.92. The van der Waals surface area contributed by atoms with Gasteiger partial charge in [0.15, 0.2) is 0 Å². The number of aromatic nitrogens is 2. The highest BCUT2D eigenvalue weighted by atomic mass is 79.9. The molecule has 2 N–H and O–H groups in total. The van der Waals surface area contributed by atoms with Crippen LogP contribution in [-0.2, 0) is 0 Å². The second kappa shape index (κ2) is 4.84. The van der Waals surface area contributed by atoms with Crippen LogP contribution in [0.15, 0.2) is 45.1 Å². The SMILES string of the molecule is Cc1cnc(Sc2ncccc2Br)cc1N. The van der Waals surface area contributed by atoms with Gasteiger partial charge in [0.2, 0.25) is 0 Å². The number of hydrogen-bond donors (Lipinski definition) is 1. The molecule has 0 fully saturated rings. The minimum absolute atomic E-state index is 0.754. The number of halogens is 1. The van der Waals surface area contributed by atoms with Gasteiger partial charge in [-0.05, 0) is 58.4 Å². The molecule has 0 aliphatic carbocycles. The monoisotopic (exact) mass is 295 g/mol. The predicted octanol–water partition coefficient (Wildman–Crippen LogP) is 3.28. The number of anilines is 1. The van der Waals surface area contributed by atoms with Crippen molar-refractivity contribution in [1.82, 2.24) is 9.97 Å². The molecule has 0 atom stereocenters. The Labute approximate surface area is 107 Å². The quantitative estimate of drug-likeness (QED) is 0.924. The molecular weight excluding hydrogens is 286 g/mol. The van der Waals surface area contributed by atoms with Crippen molar-refractivity contribution in [3.8, 4) is 0 Å². The molecule has 0 amide bonds. The van der Waals surface area contributed by atoms with E-state index in [9.17, 15) is 0 Å². The molecule has 2 heterocycles. The van der Waals surface area contributed by atoms with Gasteiger partial charge in [-0.3, -0.25) is 0 Å². The molecule has 0 saturated heterocycles. The molecule has 3 nitrogen and oxygen atoms in total. The van der Waals surface area contributed by atoms with Gasteiger partial charge in [0.25, 0.3) is 0 Å². The maximum atomic E-state index is 5.83. The number of pyridine rings is 2. The van der Waals surface area contributed by atoms with E-state index < -0.39 is 0 Å². The van der Waals surface area contributed by atoms with Crippen molar-refractivity contribution in [3.05, 3.63) is 40.6 Å². The van der Waals surface area contributed by atoms with E-state index in [0.717, 1.165) is 25.8 Å². The van der Waals surface area contributed by atoms with E-state index >= 15 is 0 Å². The summed E-state index contributed by atoms with van der Waals surface area (Å²) in [7, 11) is 0. The van der Waals surface area contributed by atoms with E-state index in [4.69, 9.17) is 5.73 Å². The lowest BCUT2D eigenvalue weighted by molar-refractivity contribution is 1.07. The topological polar surface area (TPSA) is 51.8 Å². The minimum Gasteiger partial charge on any atom is -0.398 e. The third-order valence-corrected chi connectivity index (χ3v) is 3.90. The second-order valence-electron chi connectivity index (χ2n) is 3.27. The first-order chi connectivity index (χ1) is 7.66. The molecule has 0 aliphatic heterocycles. The van der Waals surface area contributed by atoms with E-state index in [1.54, 1.807) is 12.4 Å². The fourth-order valence-corrected chi connectivity index (χ4v) is 2.39. The first-order valence-electron chi connectivity index (χ1n) is 4.67. The second-order valence-corrected chi connectivity index (χ2v) is 5.14. The van der Waals surface area contributed by atoms with E-state index in [0.29, 0.717) is 0 Å². The molecule has 0 bridgehead atoms. The lowest BCUT2D eigenvalue weighted by Gasteiger charge is -2.04. The van der Waals surface area contributed by atoms with Crippen LogP contribution in [0.3, 0.4) is 0 Å². The Kier molecular flexibility index (Phi) is 3.46. The summed E-state index contributed by atoms with van der Waals surface area (Å²) >= 11 is 4.93. The zero-order chi connectivity index (χ0) is 11.5. The molecule has 2 aromatic heterocycles. The van der Waals surface area contributed by atoms with Crippen LogP contribution in [0.2, 0.25) is 0 Å². The van der Waals surface area contributed by atoms with Gasteiger partial charge in [-0.1, -0.05) is 0 Å². The Morgan fingerprint density at radius 2 is 2.19 bits per heavy atom. The maximum absolute atomic E-state index is 5.83. The van der Waals surface area contributed by atoms with Crippen LogP contribution in [0.1, 0.15) is 5.56 Å². The van der Waals surface area contributed by atoms with Gasteiger partial charge < -0.3 is 5.73 Å².